The summed E-state index contributed by atoms with van der Waals surface area (Å²) < 4.78 is 18.8. The van der Waals surface area contributed by atoms with E-state index in [0.29, 0.717) is 5.92 Å². The zero-order valence-corrected chi connectivity index (χ0v) is 11.6. The first kappa shape index (κ1) is 15.1. The van der Waals surface area contributed by atoms with E-state index in [2.05, 4.69) is 26.1 Å². The number of rotatable bonds is 8. The summed E-state index contributed by atoms with van der Waals surface area (Å²) in [6.07, 6.45) is 1.10. The van der Waals surface area contributed by atoms with Gasteiger partial charge in [-0.05, 0) is 36.6 Å². The lowest BCUT2D eigenvalue weighted by molar-refractivity contribution is 0.0352. The molecular formula is C15H24FNO. The van der Waals surface area contributed by atoms with Gasteiger partial charge in [0.25, 0.3) is 0 Å². The van der Waals surface area contributed by atoms with E-state index in [0.717, 1.165) is 31.7 Å². The summed E-state index contributed by atoms with van der Waals surface area (Å²) in [7, 11) is 0. The zero-order valence-electron chi connectivity index (χ0n) is 11.6. The molecule has 2 nitrogen and oxygen atoms in total. The highest BCUT2D eigenvalue weighted by Gasteiger charge is 2.12. The second-order valence-corrected chi connectivity index (χ2v) is 4.97. The minimum absolute atomic E-state index is 0.000417. The summed E-state index contributed by atoms with van der Waals surface area (Å²) in [6.45, 7) is 8.85. The lowest BCUT2D eigenvalue weighted by atomic mass is 10.1. The Morgan fingerprint density at radius 1 is 1.22 bits per heavy atom. The Bertz CT molecular complexity index is 324. The molecule has 0 saturated heterocycles. The summed E-state index contributed by atoms with van der Waals surface area (Å²) in [4.78, 5) is 0. The second kappa shape index (κ2) is 8.22. The summed E-state index contributed by atoms with van der Waals surface area (Å²) >= 11 is 0. The van der Waals surface area contributed by atoms with Crippen molar-refractivity contribution in [3.05, 3.63) is 35.6 Å². The van der Waals surface area contributed by atoms with E-state index in [9.17, 15) is 4.39 Å². The molecule has 0 bridgehead atoms. The Hall–Kier alpha value is -0.930. The topological polar surface area (TPSA) is 21.3 Å². The van der Waals surface area contributed by atoms with Crippen molar-refractivity contribution in [1.82, 2.24) is 5.32 Å². The molecule has 0 aliphatic rings. The van der Waals surface area contributed by atoms with Crippen LogP contribution in [0.15, 0.2) is 24.3 Å². The van der Waals surface area contributed by atoms with Gasteiger partial charge in [-0.25, -0.2) is 4.39 Å². The van der Waals surface area contributed by atoms with Gasteiger partial charge in [-0.2, -0.15) is 0 Å². The van der Waals surface area contributed by atoms with Crippen LogP contribution >= 0.6 is 0 Å². The standard InChI is InChI=1S/C15H24FNO/c1-4-9-17-10-15(18-11-12(2)3)13-5-7-14(16)8-6-13/h5-8,12,15,17H,4,9-11H2,1-3H3. The van der Waals surface area contributed by atoms with E-state index in [4.69, 9.17) is 4.74 Å². The third kappa shape index (κ3) is 5.61. The molecule has 0 fully saturated rings. The number of benzene rings is 1. The van der Waals surface area contributed by atoms with Gasteiger partial charge in [0, 0.05) is 13.2 Å². The molecule has 0 aliphatic carbocycles. The Morgan fingerprint density at radius 2 is 1.89 bits per heavy atom. The van der Waals surface area contributed by atoms with Crippen molar-refractivity contribution in [2.45, 2.75) is 33.3 Å². The fourth-order valence-electron chi connectivity index (χ4n) is 1.67. The number of hydrogen-bond acceptors (Lipinski definition) is 2. The molecule has 1 aromatic rings. The van der Waals surface area contributed by atoms with Crippen molar-refractivity contribution in [3.63, 3.8) is 0 Å². The minimum atomic E-state index is -0.206. The van der Waals surface area contributed by atoms with Crippen molar-refractivity contribution in [3.8, 4) is 0 Å². The zero-order chi connectivity index (χ0) is 13.4. The summed E-state index contributed by atoms with van der Waals surface area (Å²) in [5.74, 6) is 0.294. The Morgan fingerprint density at radius 3 is 2.44 bits per heavy atom. The Kier molecular flexibility index (Phi) is 6.91. The van der Waals surface area contributed by atoms with E-state index in [1.54, 1.807) is 12.1 Å². The van der Waals surface area contributed by atoms with Crippen LogP contribution < -0.4 is 5.32 Å². The minimum Gasteiger partial charge on any atom is -0.372 e. The average Bonchev–Trinajstić information content (AvgIpc) is 2.34. The Balaban J connectivity index is 2.60. The van der Waals surface area contributed by atoms with Gasteiger partial charge in [0.15, 0.2) is 0 Å². The maximum atomic E-state index is 12.9. The van der Waals surface area contributed by atoms with Gasteiger partial charge in [-0.15, -0.1) is 0 Å². The molecule has 0 spiro atoms. The molecule has 0 aromatic heterocycles. The van der Waals surface area contributed by atoms with Crippen LogP contribution in [0.2, 0.25) is 0 Å². The van der Waals surface area contributed by atoms with Crippen molar-refractivity contribution in [2.24, 2.45) is 5.92 Å². The molecule has 18 heavy (non-hydrogen) atoms. The van der Waals surface area contributed by atoms with Gasteiger partial charge < -0.3 is 10.1 Å². The molecule has 1 rings (SSSR count). The monoisotopic (exact) mass is 253 g/mol. The molecule has 0 amide bonds. The normalized spacial score (nSPS) is 12.9. The molecule has 102 valence electrons. The average molecular weight is 253 g/mol. The van der Waals surface area contributed by atoms with Gasteiger partial charge in [-0.3, -0.25) is 0 Å². The number of ether oxygens (including phenoxy) is 1. The van der Waals surface area contributed by atoms with Gasteiger partial charge in [0.2, 0.25) is 0 Å². The van der Waals surface area contributed by atoms with Crippen molar-refractivity contribution < 1.29 is 9.13 Å². The SMILES string of the molecule is CCCNCC(OCC(C)C)c1ccc(F)cc1. The molecule has 1 N–H and O–H groups in total. The van der Waals surface area contributed by atoms with Crippen molar-refractivity contribution in [2.75, 3.05) is 19.7 Å². The number of hydrogen-bond donors (Lipinski definition) is 1. The largest absolute Gasteiger partial charge is 0.372 e. The fourth-order valence-corrected chi connectivity index (χ4v) is 1.67. The molecule has 0 radical (unpaired) electrons. The number of halogens is 1. The van der Waals surface area contributed by atoms with Crippen LogP contribution in [0.1, 0.15) is 38.9 Å². The molecule has 1 atom stereocenters. The predicted molar refractivity (Wildman–Crippen MR) is 73.1 cm³/mol. The van der Waals surface area contributed by atoms with E-state index in [1.165, 1.54) is 12.1 Å². The maximum absolute atomic E-state index is 12.9. The van der Waals surface area contributed by atoms with Crippen LogP contribution in [0, 0.1) is 11.7 Å². The van der Waals surface area contributed by atoms with Crippen LogP contribution in [-0.2, 0) is 4.74 Å². The number of nitrogens with one attached hydrogen (secondary N) is 1. The first-order chi connectivity index (χ1) is 8.63. The maximum Gasteiger partial charge on any atom is 0.123 e. The molecule has 1 aromatic carbocycles. The van der Waals surface area contributed by atoms with Crippen LogP contribution in [0.25, 0.3) is 0 Å². The van der Waals surface area contributed by atoms with Crippen LogP contribution in [0.5, 0.6) is 0 Å². The lowest BCUT2D eigenvalue weighted by Crippen LogP contribution is -2.25. The van der Waals surface area contributed by atoms with Crippen LogP contribution in [0.3, 0.4) is 0 Å². The van der Waals surface area contributed by atoms with Gasteiger partial charge >= 0.3 is 0 Å². The van der Waals surface area contributed by atoms with Crippen LogP contribution in [0.4, 0.5) is 4.39 Å². The molecule has 0 heterocycles. The third-order valence-electron chi connectivity index (χ3n) is 2.63. The highest BCUT2D eigenvalue weighted by atomic mass is 19.1. The van der Waals surface area contributed by atoms with Gasteiger partial charge in [-0.1, -0.05) is 32.9 Å². The molecular weight excluding hydrogens is 229 g/mol. The van der Waals surface area contributed by atoms with E-state index in [1.807, 2.05) is 0 Å². The fraction of sp³-hybridized carbons (Fsp3) is 0.600. The van der Waals surface area contributed by atoms with E-state index < -0.39 is 0 Å². The van der Waals surface area contributed by atoms with Crippen LogP contribution in [-0.4, -0.2) is 19.7 Å². The summed E-state index contributed by atoms with van der Waals surface area (Å²) in [5.41, 5.74) is 1.03. The van der Waals surface area contributed by atoms with E-state index >= 15 is 0 Å². The smallest absolute Gasteiger partial charge is 0.123 e. The molecule has 3 heteroatoms. The lowest BCUT2D eigenvalue weighted by Gasteiger charge is -2.20. The molecule has 1 unspecified atom stereocenters. The first-order valence-corrected chi connectivity index (χ1v) is 6.71. The van der Waals surface area contributed by atoms with Crippen molar-refractivity contribution >= 4 is 0 Å². The molecule has 0 saturated carbocycles. The second-order valence-electron chi connectivity index (χ2n) is 4.97. The molecule has 0 aliphatic heterocycles. The van der Waals surface area contributed by atoms with Gasteiger partial charge in [0.1, 0.15) is 5.82 Å². The Labute approximate surface area is 110 Å². The van der Waals surface area contributed by atoms with Gasteiger partial charge in [0.05, 0.1) is 6.10 Å². The summed E-state index contributed by atoms with van der Waals surface area (Å²) in [6, 6.07) is 6.57. The predicted octanol–water partition coefficient (Wildman–Crippen LogP) is 3.54. The quantitative estimate of drug-likeness (QED) is 0.715. The summed E-state index contributed by atoms with van der Waals surface area (Å²) in [5, 5.41) is 3.35. The van der Waals surface area contributed by atoms with E-state index in [-0.39, 0.29) is 11.9 Å². The highest BCUT2D eigenvalue weighted by molar-refractivity contribution is 5.19. The third-order valence-corrected chi connectivity index (χ3v) is 2.63. The van der Waals surface area contributed by atoms with Crippen molar-refractivity contribution in [1.29, 1.82) is 0 Å². The first-order valence-electron chi connectivity index (χ1n) is 6.71. The highest BCUT2D eigenvalue weighted by Crippen LogP contribution is 2.18.